The number of aliphatic hydroxyl groups is 1. The number of methoxy groups -OCH3 is 6. The number of carbonyl (C=O) groups is 6. The third kappa shape index (κ3) is 33.8. The average molecular weight is 2160 g/mol. The van der Waals surface area contributed by atoms with Gasteiger partial charge in [0.25, 0.3) is 0 Å². The van der Waals surface area contributed by atoms with Crippen LogP contribution in [-0.4, -0.2) is 375 Å². The van der Waals surface area contributed by atoms with Gasteiger partial charge in [-0.25, -0.2) is 44.5 Å². The minimum Gasteiger partial charge on any atom is -0.388 e. The summed E-state index contributed by atoms with van der Waals surface area (Å²) in [4.78, 5) is 84.1. The number of ether oxygens (including phenoxy) is 7. The molecule has 10 saturated heterocycles. The summed E-state index contributed by atoms with van der Waals surface area (Å²) in [7, 11) is -6.29. The first kappa shape index (κ1) is 119. The lowest BCUT2D eigenvalue weighted by Crippen LogP contribution is -2.52. The molecule has 1 spiro atoms. The molecule has 0 radical (unpaired) electrons. The summed E-state index contributed by atoms with van der Waals surface area (Å²) < 4.78 is 209. The van der Waals surface area contributed by atoms with Crippen LogP contribution in [0.5, 0.6) is 0 Å². The number of carbonyl (C=O) groups excluding carboxylic acids is 6. The maximum Gasteiger partial charge on any atom is 0.249 e. The topological polar surface area (TPSA) is 361 Å². The Morgan fingerprint density at radius 2 is 0.795 bits per heavy atom. The Labute approximate surface area is 902 Å². The molecule has 856 valence electrons. The van der Waals surface area contributed by atoms with Crippen LogP contribution in [0.2, 0.25) is 0 Å². The number of likely N-dealkylation sites (tertiary alicyclic amines) is 6. The molecule has 0 bridgehead atoms. The summed E-state index contributed by atoms with van der Waals surface area (Å²) in [5, 5.41) is 10.00. The number of hydrogen-bond donors (Lipinski definition) is 1. The van der Waals surface area contributed by atoms with Crippen LogP contribution in [-0.2, 0) is 102 Å². The van der Waals surface area contributed by atoms with E-state index in [-0.39, 0.29) is 114 Å². The monoisotopic (exact) mass is 2160 g/mol. The minimum absolute atomic E-state index is 0.00620. The molecule has 10 unspecified atom stereocenters. The SMILES string of the molecule is CC(=O)N1CCC(OC2CC2)(C(C)(C)C)C1.CC(C)(C)C1CCN(S(C)(=O)=O)C1.CC(C)C1(O)CCN(S(C)(=O)=O)C1.COC1(C(C)(C)C)CN(C(C)=O)CC12CC2.COC1(C(C)C)CCN(S(C)(=O)=O)C1.[2H]C([2H])(C)C(=O)N1CC(OC)(C(C)(C)C)C[C@H]1C.[2H]C([2H])(C)C(=O)N1CCC(OC)(C(C)(C)C)C1.[2H]C([2H])([2H])C(=O)N1CC(OC)(C(C)(C)C)C[C@@H]1C.[2H]C([2H])([2H])OC1(C(C)(C)C)CCN(C(C)=O)C1.[C-]#[N+]C1(C(C)C)CCN(S(C)(=O)=O)C1. The molecule has 10 aliphatic heterocycles. The van der Waals surface area contributed by atoms with E-state index in [1.165, 1.54) is 89.3 Å². The number of nitrogens with zero attached hydrogens (tertiary/aromatic N) is 11. The summed E-state index contributed by atoms with van der Waals surface area (Å²) in [5.74, 6) is -0.227. The second kappa shape index (κ2) is 51.1. The van der Waals surface area contributed by atoms with Gasteiger partial charge in [0.15, 0.2) is 0 Å². The molecule has 6 amide bonds. The molecule has 33 nitrogen and oxygen atoms in total. The molecule has 0 aromatic carbocycles. The van der Waals surface area contributed by atoms with Crippen LogP contribution in [0, 0.1) is 73.6 Å². The summed E-state index contributed by atoms with van der Waals surface area (Å²) in [6.45, 7) is 82.1. The number of sulfonamides is 4. The third-order valence-corrected chi connectivity index (χ3v) is 39.5. The smallest absolute Gasteiger partial charge is 0.249 e. The van der Waals surface area contributed by atoms with Crippen LogP contribution in [0.3, 0.4) is 0 Å². The standard InChI is InChI=1S/2C13H23NO2.C13H25NO2.2C12H23NO2.C11H21NO2.C9H16N2O2S.C9H19NO3S.C9H19NO2S.C8H17NO3S/c1-10(15)14-8-12(6-7-12)13(9-14,16-5)11(2,3)4;1-10(15)14-8-7-13(9-14,12(2,3)4)16-11-5-6-11;1-7-11(15)14-9-13(16-6,8-10(14)2)12(3,4)5;1-9-7-12(15-6,11(3,4)5)8-13(9)10(2)14;1-6-10(14)13-8-7-12(9-13,15-5)11(2,3)4;1-9(13)12-7-6-11(8-12,14-5)10(2,3)4;1-8(2)9(10-3)5-6-11(7-9)14(4,12)13;1-8(2)9(13-3)5-6-10(7-9)14(4,11)12;1-9(2,3)8-5-6-10(7-8)13(4,11)12;1-7(2)8(10)4-5-9(6-8)13(3,11)12/h6-9H2,1-5H3;11H,5-9H2,1-4H3;10H,7-9H2,1-6H3;9H,7-8H2,1-6H3;6-9H2,1-5H3;6-8H2,1-5H3;8H,5-7H2,1-2,4H3;8H,5-7H2,1-4H3;8H,5-7H2,1-4H3;7,10H,4-6H2,1-3H3/t;;10-,13?;9-,12?;;;;;;/m..10....../s1/i;;7D2;2D3;6D2;5D3;;;;. The highest BCUT2D eigenvalue weighted by atomic mass is 32.2. The molecule has 12 aliphatic rings. The molecule has 12 rings (SSSR count). The van der Waals surface area contributed by atoms with E-state index in [9.17, 15) is 67.5 Å². The lowest BCUT2D eigenvalue weighted by molar-refractivity contribution is -0.136. The van der Waals surface area contributed by atoms with Gasteiger partial charge in [0, 0.05) is 194 Å². The van der Waals surface area contributed by atoms with Gasteiger partial charge >= 0.3 is 0 Å². The predicted octanol–water partition coefficient (Wildman–Crippen LogP) is 15.5. The molecule has 0 aromatic heterocycles. The van der Waals surface area contributed by atoms with Crippen LogP contribution < -0.4 is 0 Å². The van der Waals surface area contributed by atoms with Crippen LogP contribution in [0.25, 0.3) is 4.85 Å². The van der Waals surface area contributed by atoms with Crippen molar-refractivity contribution in [3.8, 4) is 0 Å². The van der Waals surface area contributed by atoms with Crippen molar-refractivity contribution in [2.24, 2.45) is 67.0 Å². The van der Waals surface area contributed by atoms with Crippen molar-refractivity contribution in [3.05, 3.63) is 11.4 Å². The van der Waals surface area contributed by atoms with E-state index >= 15 is 0 Å². The molecular formula is C109H209N11O22S4. The van der Waals surface area contributed by atoms with Gasteiger partial charge in [-0.1, -0.05) is 201 Å². The maximum atomic E-state index is 12.1. The number of hydrogen-bond acceptors (Lipinski definition) is 22. The molecule has 0 aromatic rings. The third-order valence-electron chi connectivity index (χ3n) is 34.5. The molecular weight excluding hydrogens is 1940 g/mol. The first-order valence-corrected chi connectivity index (χ1v) is 59.7. The number of β-amino-alcohol motifs (C(OH)–C–C–N with tert-alkyl or cyclic N) is 1. The van der Waals surface area contributed by atoms with Crippen molar-refractivity contribution in [3.63, 3.8) is 0 Å². The number of rotatable bonds is 17. The summed E-state index contributed by atoms with van der Waals surface area (Å²) in [6.07, 6.45) is 13.2. The predicted molar refractivity (Wildman–Crippen MR) is 585 cm³/mol. The van der Waals surface area contributed by atoms with Crippen molar-refractivity contribution in [1.29, 1.82) is 0 Å². The molecule has 1 N–H and O–H groups in total. The van der Waals surface area contributed by atoms with Crippen molar-refractivity contribution in [2.45, 2.75) is 407 Å². The highest BCUT2D eigenvalue weighted by Crippen LogP contribution is 2.65. The zero-order valence-electron chi connectivity index (χ0n) is 109. The normalized spacial score (nSPS) is 31.3. The van der Waals surface area contributed by atoms with Gasteiger partial charge in [-0.2, -0.15) is 12.9 Å². The number of amides is 6. The van der Waals surface area contributed by atoms with Gasteiger partial charge in [-0.15, -0.1) is 0 Å². The van der Waals surface area contributed by atoms with Crippen molar-refractivity contribution >= 4 is 75.5 Å². The van der Waals surface area contributed by atoms with Crippen molar-refractivity contribution in [1.82, 2.24) is 46.6 Å². The van der Waals surface area contributed by atoms with Gasteiger partial charge in [0.05, 0.1) is 126 Å². The largest absolute Gasteiger partial charge is 0.388 e. The van der Waals surface area contributed by atoms with Gasteiger partial charge < -0.3 is 72.5 Å². The first-order valence-electron chi connectivity index (χ1n) is 57.3. The average Bonchev–Trinajstić information content (AvgIpc) is 1.52. The fraction of sp³-hybridized carbons (Fsp3) is 0.936. The summed E-state index contributed by atoms with van der Waals surface area (Å²) in [5.41, 5.74) is -3.96. The Morgan fingerprint density at radius 3 is 1.07 bits per heavy atom. The van der Waals surface area contributed by atoms with E-state index in [0.29, 0.717) is 129 Å². The van der Waals surface area contributed by atoms with Crippen LogP contribution in [0.1, 0.15) is 352 Å². The molecule has 146 heavy (non-hydrogen) atoms. The molecule has 10 heterocycles. The maximum absolute atomic E-state index is 12.1. The van der Waals surface area contributed by atoms with Crippen molar-refractivity contribution < 1.29 is 114 Å². The quantitative estimate of drug-likeness (QED) is 0.132. The lowest BCUT2D eigenvalue weighted by Gasteiger charge is -2.45. The summed E-state index contributed by atoms with van der Waals surface area (Å²) >= 11 is 0. The van der Waals surface area contributed by atoms with Gasteiger partial charge in [-0.3, -0.25) is 28.8 Å². The van der Waals surface area contributed by atoms with E-state index in [1.54, 1.807) is 68.4 Å². The Bertz CT molecular complexity index is 5160. The second-order valence-corrected chi connectivity index (χ2v) is 59.5. The van der Waals surface area contributed by atoms with Gasteiger partial charge in [-0.05, 0) is 147 Å². The van der Waals surface area contributed by atoms with Crippen LogP contribution in [0.4, 0.5) is 0 Å². The fourth-order valence-electron chi connectivity index (χ4n) is 21.9. The lowest BCUT2D eigenvalue weighted by atomic mass is 9.68. The zero-order valence-corrected chi connectivity index (χ0v) is 102. The van der Waals surface area contributed by atoms with Gasteiger partial charge in [0.2, 0.25) is 81.1 Å². The van der Waals surface area contributed by atoms with E-state index in [2.05, 4.69) is 123 Å². The van der Waals surface area contributed by atoms with E-state index in [0.717, 1.165) is 58.3 Å². The Balaban J connectivity index is 0.000000445. The zero-order chi connectivity index (χ0) is 122. The molecule has 37 heteroatoms. The second-order valence-electron chi connectivity index (χ2n) is 51.6. The molecule has 2 saturated carbocycles. The van der Waals surface area contributed by atoms with Gasteiger partial charge in [0.1, 0.15) is 0 Å². The Hall–Kier alpha value is -4.37. The Morgan fingerprint density at radius 1 is 0.404 bits per heavy atom. The van der Waals surface area contributed by atoms with Crippen LogP contribution >= 0.6 is 0 Å². The highest BCUT2D eigenvalue weighted by molar-refractivity contribution is 7.89. The Kier molecular flexibility index (Phi) is 41.5. The fourth-order valence-corrected chi connectivity index (χ4v) is 25.4. The van der Waals surface area contributed by atoms with E-state index in [1.807, 2.05) is 92.9 Å². The van der Waals surface area contributed by atoms with E-state index < -0.39 is 112 Å². The van der Waals surface area contributed by atoms with Crippen LogP contribution in [0.15, 0.2) is 0 Å². The first-order chi connectivity index (χ1) is 69.6. The summed E-state index contributed by atoms with van der Waals surface area (Å²) in [6, 6.07) is -0.108. The minimum atomic E-state index is -3.13. The highest BCUT2D eigenvalue weighted by Gasteiger charge is 2.70. The van der Waals surface area contributed by atoms with E-state index in [4.69, 9.17) is 53.4 Å². The van der Waals surface area contributed by atoms with Crippen molar-refractivity contribution in [2.75, 3.05) is 185 Å². The molecule has 12 fully saturated rings. The molecule has 12 atom stereocenters. The molecule has 2 aliphatic carbocycles.